The number of para-hydroxylation sites is 1. The molecule has 0 heterocycles. The summed E-state index contributed by atoms with van der Waals surface area (Å²) < 4.78 is 19.0. The summed E-state index contributed by atoms with van der Waals surface area (Å²) in [4.78, 5) is 22.3. The van der Waals surface area contributed by atoms with Gasteiger partial charge >= 0.3 is 5.69 Å². The van der Waals surface area contributed by atoms with Crippen molar-refractivity contribution in [2.24, 2.45) is 0 Å². The molecule has 0 saturated heterocycles. The number of carbonyl (C=O) groups is 1. The summed E-state index contributed by atoms with van der Waals surface area (Å²) >= 11 is 0. The number of hydrogen-bond acceptors (Lipinski definition) is 4. The van der Waals surface area contributed by atoms with Crippen LogP contribution in [0.3, 0.4) is 0 Å². The standard InChI is InChI=1S/C19H13FN2O4/c20-17-10-9-14(12-18(17)22(24)25)21-19(23)13-5-4-8-16(11-13)26-15-6-2-1-3-7-15/h1-12H,(H,21,23). The minimum Gasteiger partial charge on any atom is -0.457 e. The molecule has 26 heavy (non-hydrogen) atoms. The van der Waals surface area contributed by atoms with Crippen LogP contribution in [0.4, 0.5) is 15.8 Å². The molecule has 0 aliphatic rings. The zero-order valence-electron chi connectivity index (χ0n) is 13.4. The van der Waals surface area contributed by atoms with E-state index in [1.807, 2.05) is 18.2 Å². The fraction of sp³-hybridized carbons (Fsp3) is 0. The fourth-order valence-corrected chi connectivity index (χ4v) is 2.26. The second kappa shape index (κ2) is 7.43. The lowest BCUT2D eigenvalue weighted by Crippen LogP contribution is -2.12. The highest BCUT2D eigenvalue weighted by atomic mass is 19.1. The van der Waals surface area contributed by atoms with Gasteiger partial charge in [0.1, 0.15) is 11.5 Å². The van der Waals surface area contributed by atoms with Crippen LogP contribution >= 0.6 is 0 Å². The molecule has 6 nitrogen and oxygen atoms in total. The zero-order valence-corrected chi connectivity index (χ0v) is 13.4. The van der Waals surface area contributed by atoms with Crippen LogP contribution in [-0.4, -0.2) is 10.8 Å². The number of ether oxygens (including phenoxy) is 1. The van der Waals surface area contributed by atoms with E-state index in [1.54, 1.807) is 36.4 Å². The lowest BCUT2D eigenvalue weighted by Gasteiger charge is -2.08. The zero-order chi connectivity index (χ0) is 18.5. The van der Waals surface area contributed by atoms with Crippen LogP contribution in [0.2, 0.25) is 0 Å². The van der Waals surface area contributed by atoms with E-state index in [1.165, 1.54) is 6.07 Å². The lowest BCUT2D eigenvalue weighted by molar-refractivity contribution is -0.387. The van der Waals surface area contributed by atoms with Crippen molar-refractivity contribution in [3.05, 3.63) is 94.3 Å². The highest BCUT2D eigenvalue weighted by molar-refractivity contribution is 6.04. The maximum Gasteiger partial charge on any atom is 0.306 e. The molecule has 0 fully saturated rings. The number of nitrogens with zero attached hydrogens (tertiary/aromatic N) is 1. The van der Waals surface area contributed by atoms with Crippen molar-refractivity contribution < 1.29 is 18.8 Å². The number of carbonyl (C=O) groups excluding carboxylic acids is 1. The minimum absolute atomic E-state index is 0.123. The highest BCUT2D eigenvalue weighted by Crippen LogP contribution is 2.24. The summed E-state index contributed by atoms with van der Waals surface area (Å²) in [6, 6.07) is 18.7. The maximum atomic E-state index is 13.4. The fourth-order valence-electron chi connectivity index (χ4n) is 2.26. The summed E-state index contributed by atoms with van der Waals surface area (Å²) in [6.07, 6.45) is 0. The quantitative estimate of drug-likeness (QED) is 0.529. The van der Waals surface area contributed by atoms with Crippen molar-refractivity contribution >= 4 is 17.3 Å². The molecule has 0 spiro atoms. The van der Waals surface area contributed by atoms with Gasteiger partial charge in [0, 0.05) is 17.3 Å². The predicted molar refractivity (Wildman–Crippen MR) is 94.0 cm³/mol. The van der Waals surface area contributed by atoms with Gasteiger partial charge in [-0.1, -0.05) is 24.3 Å². The normalized spacial score (nSPS) is 10.2. The van der Waals surface area contributed by atoms with Gasteiger partial charge in [-0.3, -0.25) is 14.9 Å². The molecule has 0 aliphatic heterocycles. The third-order valence-corrected chi connectivity index (χ3v) is 3.48. The van der Waals surface area contributed by atoms with Gasteiger partial charge in [0.15, 0.2) is 0 Å². The van der Waals surface area contributed by atoms with Gasteiger partial charge in [-0.2, -0.15) is 4.39 Å². The first-order valence-electron chi connectivity index (χ1n) is 7.61. The molecule has 0 saturated carbocycles. The minimum atomic E-state index is -0.966. The first kappa shape index (κ1) is 17.1. The number of hydrogen-bond donors (Lipinski definition) is 1. The van der Waals surface area contributed by atoms with Gasteiger partial charge in [0.05, 0.1) is 4.92 Å². The summed E-state index contributed by atoms with van der Waals surface area (Å²) in [6.45, 7) is 0. The molecular formula is C19H13FN2O4. The van der Waals surface area contributed by atoms with Crippen molar-refractivity contribution in [2.75, 3.05) is 5.32 Å². The number of halogens is 1. The average molecular weight is 352 g/mol. The van der Waals surface area contributed by atoms with Crippen LogP contribution in [-0.2, 0) is 0 Å². The van der Waals surface area contributed by atoms with E-state index in [9.17, 15) is 19.3 Å². The van der Waals surface area contributed by atoms with Gasteiger partial charge in [0.25, 0.3) is 5.91 Å². The smallest absolute Gasteiger partial charge is 0.306 e. The number of anilines is 1. The Hall–Kier alpha value is -3.74. The monoisotopic (exact) mass is 352 g/mol. The molecule has 7 heteroatoms. The van der Waals surface area contributed by atoms with Crippen molar-refractivity contribution in [1.29, 1.82) is 0 Å². The summed E-state index contributed by atoms with van der Waals surface area (Å²) in [7, 11) is 0. The first-order valence-corrected chi connectivity index (χ1v) is 7.61. The van der Waals surface area contributed by atoms with Crippen LogP contribution in [0.5, 0.6) is 11.5 Å². The molecule has 130 valence electrons. The Bertz CT molecular complexity index is 961. The van der Waals surface area contributed by atoms with Gasteiger partial charge in [-0.25, -0.2) is 0 Å². The first-order chi connectivity index (χ1) is 12.5. The van der Waals surface area contributed by atoms with E-state index in [2.05, 4.69) is 5.32 Å². The number of nitrogens with one attached hydrogen (secondary N) is 1. The predicted octanol–water partition coefficient (Wildman–Crippen LogP) is 4.78. The van der Waals surface area contributed by atoms with Crippen LogP contribution in [0.15, 0.2) is 72.8 Å². The molecule has 0 bridgehead atoms. The van der Waals surface area contributed by atoms with E-state index in [0.29, 0.717) is 17.1 Å². The topological polar surface area (TPSA) is 81.5 Å². The molecule has 0 aromatic heterocycles. The van der Waals surface area contributed by atoms with E-state index in [-0.39, 0.29) is 5.69 Å². The molecule has 3 aromatic carbocycles. The Balaban J connectivity index is 1.77. The van der Waals surface area contributed by atoms with Crippen LogP contribution in [0.1, 0.15) is 10.4 Å². The van der Waals surface area contributed by atoms with E-state index in [0.717, 1.165) is 12.1 Å². The van der Waals surface area contributed by atoms with Crippen molar-refractivity contribution in [3.8, 4) is 11.5 Å². The Morgan fingerprint density at radius 1 is 0.962 bits per heavy atom. The molecule has 0 atom stereocenters. The summed E-state index contributed by atoms with van der Waals surface area (Å²) in [5.74, 6) is -0.371. The Kier molecular flexibility index (Phi) is 4.89. The second-order valence-corrected chi connectivity index (χ2v) is 5.32. The SMILES string of the molecule is O=C(Nc1ccc(F)c([N+](=O)[O-])c1)c1cccc(Oc2ccccc2)c1. The van der Waals surface area contributed by atoms with Crippen LogP contribution in [0.25, 0.3) is 0 Å². The third kappa shape index (κ3) is 4.02. The molecule has 0 unspecified atom stereocenters. The molecule has 1 N–H and O–H groups in total. The Morgan fingerprint density at radius 2 is 1.69 bits per heavy atom. The Morgan fingerprint density at radius 3 is 2.42 bits per heavy atom. The van der Waals surface area contributed by atoms with Crippen molar-refractivity contribution in [1.82, 2.24) is 0 Å². The number of amides is 1. The number of rotatable bonds is 5. The van der Waals surface area contributed by atoms with Gasteiger partial charge < -0.3 is 10.1 Å². The average Bonchev–Trinajstić information content (AvgIpc) is 2.64. The number of nitro groups is 1. The number of benzene rings is 3. The third-order valence-electron chi connectivity index (χ3n) is 3.48. The van der Waals surface area contributed by atoms with Gasteiger partial charge in [-0.05, 0) is 42.5 Å². The van der Waals surface area contributed by atoms with Crippen molar-refractivity contribution in [3.63, 3.8) is 0 Å². The molecule has 3 rings (SSSR count). The van der Waals surface area contributed by atoms with Crippen LogP contribution in [0, 0.1) is 15.9 Å². The van der Waals surface area contributed by atoms with E-state index >= 15 is 0 Å². The van der Waals surface area contributed by atoms with Gasteiger partial charge in [-0.15, -0.1) is 0 Å². The molecule has 0 radical (unpaired) electrons. The van der Waals surface area contributed by atoms with Crippen LogP contribution < -0.4 is 10.1 Å². The van der Waals surface area contributed by atoms with Crippen molar-refractivity contribution in [2.45, 2.75) is 0 Å². The van der Waals surface area contributed by atoms with E-state index in [4.69, 9.17) is 4.74 Å². The van der Waals surface area contributed by atoms with E-state index < -0.39 is 22.3 Å². The molecule has 3 aromatic rings. The summed E-state index contributed by atoms with van der Waals surface area (Å²) in [5, 5.41) is 13.3. The molecular weight excluding hydrogens is 339 g/mol. The molecule has 0 aliphatic carbocycles. The second-order valence-electron chi connectivity index (χ2n) is 5.32. The highest BCUT2D eigenvalue weighted by Gasteiger charge is 2.16. The molecule has 1 amide bonds. The van der Waals surface area contributed by atoms with Gasteiger partial charge in [0.2, 0.25) is 5.82 Å². The Labute approximate surface area is 148 Å². The number of nitro benzene ring substituents is 1. The lowest BCUT2D eigenvalue weighted by atomic mass is 10.2. The largest absolute Gasteiger partial charge is 0.457 e. The summed E-state index contributed by atoms with van der Waals surface area (Å²) in [5.41, 5.74) is -0.285. The maximum absolute atomic E-state index is 13.4.